The van der Waals surface area contributed by atoms with E-state index in [4.69, 9.17) is 33.0 Å². The molecule has 0 heterocycles. The molecule has 0 bridgehead atoms. The maximum atomic E-state index is 10.5. The molecule has 0 fully saturated rings. The Balaban J connectivity index is 3.14. The summed E-state index contributed by atoms with van der Waals surface area (Å²) in [7, 11) is 0. The van der Waals surface area contributed by atoms with E-state index < -0.39 is 5.97 Å². The Morgan fingerprint density at radius 1 is 1.47 bits per heavy atom. The highest BCUT2D eigenvalue weighted by Gasteiger charge is 2.08. The van der Waals surface area contributed by atoms with E-state index in [1.807, 2.05) is 0 Å². The predicted octanol–water partition coefficient (Wildman–Crippen LogP) is 3.66. The summed E-state index contributed by atoms with van der Waals surface area (Å²) in [6.07, 6.45) is 3.93. The van der Waals surface area contributed by atoms with Gasteiger partial charge in [0.2, 0.25) is 0 Å². The Labute approximate surface area is 109 Å². The number of benzene rings is 1. The van der Waals surface area contributed by atoms with Gasteiger partial charge in [0.15, 0.2) is 0 Å². The first-order valence-corrected chi connectivity index (χ1v) is 5.44. The molecule has 3 nitrogen and oxygen atoms in total. The van der Waals surface area contributed by atoms with Gasteiger partial charge in [-0.05, 0) is 18.2 Å². The van der Waals surface area contributed by atoms with Gasteiger partial charge in [-0.3, -0.25) is 0 Å². The molecule has 0 saturated carbocycles. The third kappa shape index (κ3) is 4.13. The zero-order chi connectivity index (χ0) is 12.8. The summed E-state index contributed by atoms with van der Waals surface area (Å²) in [5.41, 5.74) is 0.506. The van der Waals surface area contributed by atoms with E-state index in [9.17, 15) is 4.79 Å². The molecule has 1 rings (SSSR count). The number of carboxylic acid groups (broad SMARTS) is 1. The van der Waals surface area contributed by atoms with Crippen molar-refractivity contribution in [1.82, 2.24) is 0 Å². The molecule has 0 amide bonds. The molecule has 1 aromatic rings. The maximum Gasteiger partial charge on any atom is 0.328 e. The monoisotopic (exact) mass is 272 g/mol. The maximum absolute atomic E-state index is 10.5. The first-order chi connectivity index (χ1) is 8.04. The fourth-order valence-electron chi connectivity index (χ4n) is 1.16. The van der Waals surface area contributed by atoms with Gasteiger partial charge in [-0.15, -0.1) is 0 Å². The summed E-state index contributed by atoms with van der Waals surface area (Å²) < 4.78 is 5.35. The largest absolute Gasteiger partial charge is 0.487 e. The highest BCUT2D eigenvalue weighted by molar-refractivity contribution is 6.35. The molecule has 0 radical (unpaired) electrons. The van der Waals surface area contributed by atoms with Crippen LogP contribution in [0.5, 0.6) is 5.75 Å². The van der Waals surface area contributed by atoms with E-state index in [0.29, 0.717) is 21.4 Å². The molecule has 0 unspecified atom stereocenters. The Kier molecular flexibility index (Phi) is 5.07. The normalized spacial score (nSPS) is 10.5. The third-order valence-electron chi connectivity index (χ3n) is 1.79. The molecule has 0 aromatic heterocycles. The van der Waals surface area contributed by atoms with Crippen LogP contribution in [0.3, 0.4) is 0 Å². The van der Waals surface area contributed by atoms with Crippen molar-refractivity contribution in [2.24, 2.45) is 0 Å². The van der Waals surface area contributed by atoms with E-state index >= 15 is 0 Å². The van der Waals surface area contributed by atoms with Gasteiger partial charge >= 0.3 is 5.97 Å². The molecule has 1 N–H and O–H groups in total. The lowest BCUT2D eigenvalue weighted by Crippen LogP contribution is -1.96. The van der Waals surface area contributed by atoms with Crippen molar-refractivity contribution < 1.29 is 14.6 Å². The van der Waals surface area contributed by atoms with E-state index in [1.165, 1.54) is 12.1 Å². The van der Waals surface area contributed by atoms with Gasteiger partial charge in [-0.2, -0.15) is 0 Å². The van der Waals surface area contributed by atoms with Crippen LogP contribution >= 0.6 is 23.2 Å². The zero-order valence-electron chi connectivity index (χ0n) is 8.82. The van der Waals surface area contributed by atoms with E-state index in [1.54, 1.807) is 12.1 Å². The summed E-state index contributed by atoms with van der Waals surface area (Å²) in [4.78, 5) is 10.5. The predicted molar refractivity (Wildman–Crippen MR) is 68.8 cm³/mol. The minimum absolute atomic E-state index is 0.273. The number of rotatable bonds is 5. The van der Waals surface area contributed by atoms with Crippen LogP contribution in [-0.2, 0) is 4.79 Å². The van der Waals surface area contributed by atoms with Crippen LogP contribution in [-0.4, -0.2) is 17.7 Å². The van der Waals surface area contributed by atoms with Gasteiger partial charge in [0, 0.05) is 16.7 Å². The number of halogens is 2. The molecule has 0 aliphatic heterocycles. The highest BCUT2D eigenvalue weighted by Crippen LogP contribution is 2.33. The molecule has 0 aliphatic rings. The number of hydrogen-bond donors (Lipinski definition) is 1. The van der Waals surface area contributed by atoms with Crippen molar-refractivity contribution in [2.75, 3.05) is 6.61 Å². The Bertz CT molecular complexity index is 467. The van der Waals surface area contributed by atoms with Gasteiger partial charge in [0.1, 0.15) is 12.4 Å². The number of carboxylic acids is 1. The molecule has 90 valence electrons. The lowest BCUT2D eigenvalue weighted by Gasteiger charge is -2.09. The highest BCUT2D eigenvalue weighted by atomic mass is 35.5. The molecule has 0 saturated heterocycles. The summed E-state index contributed by atoms with van der Waals surface area (Å²) in [6.45, 7) is 3.79. The fraction of sp³-hybridized carbons (Fsp3) is 0.0833. The van der Waals surface area contributed by atoms with Gasteiger partial charge in [-0.25, -0.2) is 4.79 Å². The van der Waals surface area contributed by atoms with Crippen molar-refractivity contribution in [1.29, 1.82) is 0 Å². The summed E-state index contributed by atoms with van der Waals surface area (Å²) in [5.74, 6) is -0.677. The van der Waals surface area contributed by atoms with Crippen molar-refractivity contribution in [2.45, 2.75) is 0 Å². The van der Waals surface area contributed by atoms with Crippen molar-refractivity contribution in [3.8, 4) is 5.75 Å². The molecule has 1 aromatic carbocycles. The van der Waals surface area contributed by atoms with Crippen LogP contribution in [0.2, 0.25) is 10.0 Å². The SMILES string of the molecule is C=CCOc1c(Cl)cc(Cl)cc1/C=C/C(=O)O. The second-order valence-electron chi connectivity index (χ2n) is 3.08. The molecule has 5 heteroatoms. The summed E-state index contributed by atoms with van der Waals surface area (Å²) >= 11 is 11.8. The Morgan fingerprint density at radius 3 is 2.76 bits per heavy atom. The van der Waals surface area contributed by atoms with Gasteiger partial charge in [0.05, 0.1) is 5.02 Å². The Hall–Kier alpha value is -1.45. The Morgan fingerprint density at radius 2 is 2.18 bits per heavy atom. The first-order valence-electron chi connectivity index (χ1n) is 4.68. The summed E-state index contributed by atoms with van der Waals surface area (Å²) in [6, 6.07) is 3.10. The number of aliphatic carboxylic acids is 1. The van der Waals surface area contributed by atoms with Crippen LogP contribution in [0.15, 0.2) is 30.9 Å². The quantitative estimate of drug-likeness (QED) is 0.657. The van der Waals surface area contributed by atoms with Crippen molar-refractivity contribution in [3.63, 3.8) is 0 Å². The lowest BCUT2D eigenvalue weighted by atomic mass is 10.2. The average molecular weight is 273 g/mol. The number of ether oxygens (including phenoxy) is 1. The van der Waals surface area contributed by atoms with E-state index in [-0.39, 0.29) is 6.61 Å². The zero-order valence-corrected chi connectivity index (χ0v) is 10.3. The minimum atomic E-state index is -1.06. The molecular weight excluding hydrogens is 263 g/mol. The number of hydrogen-bond acceptors (Lipinski definition) is 2. The van der Waals surface area contributed by atoms with Gasteiger partial charge < -0.3 is 9.84 Å². The van der Waals surface area contributed by atoms with E-state index in [0.717, 1.165) is 6.08 Å². The lowest BCUT2D eigenvalue weighted by molar-refractivity contribution is -0.131. The second-order valence-corrected chi connectivity index (χ2v) is 3.92. The fourth-order valence-corrected chi connectivity index (χ4v) is 1.72. The number of carbonyl (C=O) groups is 1. The third-order valence-corrected chi connectivity index (χ3v) is 2.29. The standard InChI is InChI=1S/C12H10Cl2O3/c1-2-5-17-12-8(3-4-11(15)16)6-9(13)7-10(12)14/h2-4,6-7H,1,5H2,(H,15,16)/b4-3+. The molecule has 0 atom stereocenters. The first kappa shape index (κ1) is 13.6. The van der Waals surface area contributed by atoms with Crippen LogP contribution in [0.4, 0.5) is 0 Å². The molecule has 0 spiro atoms. The summed E-state index contributed by atoms with van der Waals surface area (Å²) in [5, 5.41) is 9.30. The topological polar surface area (TPSA) is 46.5 Å². The smallest absolute Gasteiger partial charge is 0.328 e. The molecule has 17 heavy (non-hydrogen) atoms. The van der Waals surface area contributed by atoms with Gasteiger partial charge in [0.25, 0.3) is 0 Å². The van der Waals surface area contributed by atoms with Crippen LogP contribution in [0.25, 0.3) is 6.08 Å². The van der Waals surface area contributed by atoms with Crippen molar-refractivity contribution in [3.05, 3.63) is 46.5 Å². The molecular formula is C12H10Cl2O3. The van der Waals surface area contributed by atoms with Crippen molar-refractivity contribution >= 4 is 35.2 Å². The second kappa shape index (κ2) is 6.33. The van der Waals surface area contributed by atoms with Gasteiger partial charge in [-0.1, -0.05) is 35.9 Å². The van der Waals surface area contributed by atoms with Crippen LogP contribution in [0.1, 0.15) is 5.56 Å². The van der Waals surface area contributed by atoms with E-state index in [2.05, 4.69) is 6.58 Å². The average Bonchev–Trinajstić information content (AvgIpc) is 2.24. The molecule has 0 aliphatic carbocycles. The minimum Gasteiger partial charge on any atom is -0.487 e. The van der Waals surface area contributed by atoms with Crippen LogP contribution in [0, 0.1) is 0 Å². The van der Waals surface area contributed by atoms with Crippen LogP contribution < -0.4 is 4.74 Å².